The van der Waals surface area contributed by atoms with Crippen molar-refractivity contribution in [2.24, 2.45) is 23.7 Å². The first-order valence-corrected chi connectivity index (χ1v) is 12.4. The lowest BCUT2D eigenvalue weighted by Crippen LogP contribution is -2.25. The van der Waals surface area contributed by atoms with Gasteiger partial charge in [-0.15, -0.1) is 0 Å². The topological polar surface area (TPSA) is 37.3 Å². The van der Waals surface area contributed by atoms with Crippen molar-refractivity contribution in [3.63, 3.8) is 0 Å². The highest BCUT2D eigenvalue weighted by atomic mass is 16.4. The molecule has 0 saturated heterocycles. The van der Waals surface area contributed by atoms with Gasteiger partial charge in [-0.3, -0.25) is 4.79 Å². The molecule has 2 aliphatic rings. The third-order valence-electron chi connectivity index (χ3n) is 7.67. The Morgan fingerprint density at radius 2 is 1.11 bits per heavy atom. The standard InChI is InChI=1S/C25H46O2/c1-2-3-4-5-7-10-21-13-17-23(18-14-21)24-19-15-22(16-20-24)11-8-6-9-12-25(26)27/h21-24H,2-20H2,1H3,(H,26,27). The van der Waals surface area contributed by atoms with Crippen LogP contribution < -0.4 is 0 Å². The summed E-state index contributed by atoms with van der Waals surface area (Å²) in [7, 11) is 0. The summed E-state index contributed by atoms with van der Waals surface area (Å²) >= 11 is 0. The summed E-state index contributed by atoms with van der Waals surface area (Å²) < 4.78 is 0. The number of carboxylic acid groups (broad SMARTS) is 1. The minimum atomic E-state index is -0.637. The summed E-state index contributed by atoms with van der Waals surface area (Å²) in [6, 6.07) is 0. The Bertz CT molecular complexity index is 376. The summed E-state index contributed by atoms with van der Waals surface area (Å²) in [5, 5.41) is 8.70. The Morgan fingerprint density at radius 3 is 1.56 bits per heavy atom. The first-order chi connectivity index (χ1) is 13.2. The van der Waals surface area contributed by atoms with Crippen LogP contribution in [-0.4, -0.2) is 11.1 Å². The van der Waals surface area contributed by atoms with Crippen molar-refractivity contribution in [1.82, 2.24) is 0 Å². The molecule has 2 fully saturated rings. The first-order valence-electron chi connectivity index (χ1n) is 12.4. The fourth-order valence-electron chi connectivity index (χ4n) is 5.82. The quantitative estimate of drug-likeness (QED) is 0.330. The number of carboxylic acids is 1. The summed E-state index contributed by atoms with van der Waals surface area (Å²) in [5.41, 5.74) is 0. The van der Waals surface area contributed by atoms with Crippen LogP contribution in [0.5, 0.6) is 0 Å². The van der Waals surface area contributed by atoms with Crippen molar-refractivity contribution >= 4 is 5.97 Å². The second-order valence-corrected chi connectivity index (χ2v) is 9.76. The molecule has 0 atom stereocenters. The SMILES string of the molecule is CCCCCCCC1CCC(C2CCC(CCCCCC(=O)O)CC2)CC1. The molecule has 0 aliphatic heterocycles. The van der Waals surface area contributed by atoms with Crippen LogP contribution in [0.25, 0.3) is 0 Å². The maximum atomic E-state index is 10.6. The second kappa shape index (κ2) is 13.6. The van der Waals surface area contributed by atoms with Crippen LogP contribution in [0.15, 0.2) is 0 Å². The Balaban J connectivity index is 1.50. The van der Waals surface area contributed by atoms with Gasteiger partial charge < -0.3 is 5.11 Å². The zero-order valence-corrected chi connectivity index (χ0v) is 18.1. The number of hydrogen-bond donors (Lipinski definition) is 1. The molecule has 2 aliphatic carbocycles. The molecule has 1 N–H and O–H groups in total. The maximum absolute atomic E-state index is 10.6. The molecule has 27 heavy (non-hydrogen) atoms. The van der Waals surface area contributed by atoms with E-state index in [0.717, 1.165) is 36.5 Å². The van der Waals surface area contributed by atoms with Crippen LogP contribution in [0.1, 0.15) is 129 Å². The molecule has 0 aromatic rings. The Hall–Kier alpha value is -0.530. The lowest BCUT2D eigenvalue weighted by atomic mass is 9.68. The Labute approximate surface area is 168 Å². The van der Waals surface area contributed by atoms with Gasteiger partial charge >= 0.3 is 5.97 Å². The van der Waals surface area contributed by atoms with Gasteiger partial charge in [0.15, 0.2) is 0 Å². The molecule has 0 unspecified atom stereocenters. The molecule has 158 valence electrons. The highest BCUT2D eigenvalue weighted by molar-refractivity contribution is 5.66. The average Bonchev–Trinajstić information content (AvgIpc) is 2.68. The number of aliphatic carboxylic acids is 1. The van der Waals surface area contributed by atoms with Gasteiger partial charge in [-0.1, -0.05) is 90.4 Å². The minimum Gasteiger partial charge on any atom is -0.481 e. The molecule has 2 nitrogen and oxygen atoms in total. The summed E-state index contributed by atoms with van der Waals surface area (Å²) in [4.78, 5) is 10.6. The lowest BCUT2D eigenvalue weighted by molar-refractivity contribution is -0.137. The zero-order chi connectivity index (χ0) is 19.3. The van der Waals surface area contributed by atoms with Crippen molar-refractivity contribution in [1.29, 1.82) is 0 Å². The van der Waals surface area contributed by atoms with E-state index in [-0.39, 0.29) is 0 Å². The van der Waals surface area contributed by atoms with E-state index in [4.69, 9.17) is 5.11 Å². The normalized spacial score (nSPS) is 28.9. The van der Waals surface area contributed by atoms with Crippen LogP contribution >= 0.6 is 0 Å². The van der Waals surface area contributed by atoms with Crippen molar-refractivity contribution in [3.8, 4) is 0 Å². The molecule has 0 spiro atoms. The highest BCUT2D eigenvalue weighted by Crippen LogP contribution is 2.43. The summed E-state index contributed by atoms with van der Waals surface area (Å²) in [6.45, 7) is 2.30. The number of carbonyl (C=O) groups is 1. The van der Waals surface area contributed by atoms with Crippen molar-refractivity contribution < 1.29 is 9.90 Å². The van der Waals surface area contributed by atoms with E-state index in [0.29, 0.717) is 6.42 Å². The molecule has 0 aromatic carbocycles. The van der Waals surface area contributed by atoms with Gasteiger partial charge in [-0.25, -0.2) is 0 Å². The van der Waals surface area contributed by atoms with Crippen molar-refractivity contribution in [3.05, 3.63) is 0 Å². The predicted molar refractivity (Wildman–Crippen MR) is 115 cm³/mol. The number of unbranched alkanes of at least 4 members (excludes halogenated alkanes) is 6. The van der Waals surface area contributed by atoms with E-state index >= 15 is 0 Å². The van der Waals surface area contributed by atoms with E-state index in [2.05, 4.69) is 6.92 Å². The Kier molecular flexibility index (Phi) is 11.5. The van der Waals surface area contributed by atoms with Gasteiger partial charge in [-0.05, 0) is 55.8 Å². The highest BCUT2D eigenvalue weighted by Gasteiger charge is 2.30. The molecule has 2 heteroatoms. The van der Waals surface area contributed by atoms with Gasteiger partial charge in [-0.2, -0.15) is 0 Å². The van der Waals surface area contributed by atoms with Gasteiger partial charge in [0.25, 0.3) is 0 Å². The molecule has 0 bridgehead atoms. The van der Waals surface area contributed by atoms with Crippen LogP contribution in [0.4, 0.5) is 0 Å². The first kappa shape index (κ1) is 22.8. The minimum absolute atomic E-state index is 0.355. The fraction of sp³-hybridized carbons (Fsp3) is 0.960. The van der Waals surface area contributed by atoms with E-state index in [1.165, 1.54) is 103 Å². The van der Waals surface area contributed by atoms with Gasteiger partial charge in [0.2, 0.25) is 0 Å². The molecule has 0 radical (unpaired) electrons. The monoisotopic (exact) mass is 378 g/mol. The van der Waals surface area contributed by atoms with E-state index in [9.17, 15) is 4.79 Å². The largest absolute Gasteiger partial charge is 0.481 e. The summed E-state index contributed by atoms with van der Waals surface area (Å²) in [6.07, 6.45) is 25.5. The van der Waals surface area contributed by atoms with E-state index in [1.54, 1.807) is 0 Å². The average molecular weight is 379 g/mol. The third kappa shape index (κ3) is 9.48. The molecule has 2 rings (SSSR count). The van der Waals surface area contributed by atoms with Crippen molar-refractivity contribution in [2.75, 3.05) is 0 Å². The van der Waals surface area contributed by atoms with Crippen LogP contribution in [0.2, 0.25) is 0 Å². The van der Waals surface area contributed by atoms with Crippen LogP contribution in [0, 0.1) is 23.7 Å². The van der Waals surface area contributed by atoms with E-state index < -0.39 is 5.97 Å². The smallest absolute Gasteiger partial charge is 0.303 e. The van der Waals surface area contributed by atoms with E-state index in [1.807, 2.05) is 0 Å². The Morgan fingerprint density at radius 1 is 0.667 bits per heavy atom. The number of hydrogen-bond acceptors (Lipinski definition) is 1. The zero-order valence-electron chi connectivity index (χ0n) is 18.1. The van der Waals surface area contributed by atoms with Crippen molar-refractivity contribution in [2.45, 2.75) is 129 Å². The fourth-order valence-corrected chi connectivity index (χ4v) is 5.82. The lowest BCUT2D eigenvalue weighted by Gasteiger charge is -2.38. The van der Waals surface area contributed by atoms with Crippen LogP contribution in [-0.2, 0) is 4.79 Å². The molecule has 2 saturated carbocycles. The third-order valence-corrected chi connectivity index (χ3v) is 7.67. The molecule has 0 heterocycles. The predicted octanol–water partition coefficient (Wildman–Crippen LogP) is 7.99. The van der Waals surface area contributed by atoms with Gasteiger partial charge in [0, 0.05) is 6.42 Å². The van der Waals surface area contributed by atoms with Gasteiger partial charge in [0.05, 0.1) is 0 Å². The second-order valence-electron chi connectivity index (χ2n) is 9.76. The molecule has 0 amide bonds. The van der Waals surface area contributed by atoms with Gasteiger partial charge in [0.1, 0.15) is 0 Å². The molecule has 0 aromatic heterocycles. The van der Waals surface area contributed by atoms with Crippen LogP contribution in [0.3, 0.4) is 0 Å². The molecular weight excluding hydrogens is 332 g/mol. The number of rotatable bonds is 13. The summed E-state index contributed by atoms with van der Waals surface area (Å²) in [5.74, 6) is 3.41. The maximum Gasteiger partial charge on any atom is 0.303 e. The molecular formula is C25H46O2.